The molecule has 10 heteroatoms. The predicted octanol–water partition coefficient (Wildman–Crippen LogP) is 3.82. The second-order valence-corrected chi connectivity index (χ2v) is 9.05. The molecule has 6 nitrogen and oxygen atoms in total. The summed E-state index contributed by atoms with van der Waals surface area (Å²) in [5, 5.41) is 11.7. The lowest BCUT2D eigenvalue weighted by atomic mass is 9.70. The van der Waals surface area contributed by atoms with Gasteiger partial charge in [-0.3, -0.25) is 9.59 Å². The molecule has 2 saturated heterocycles. The Balaban J connectivity index is 1.55. The van der Waals surface area contributed by atoms with Crippen molar-refractivity contribution in [2.75, 3.05) is 38.1 Å². The van der Waals surface area contributed by atoms with Gasteiger partial charge in [-0.2, -0.15) is 18.4 Å². The predicted molar refractivity (Wildman–Crippen MR) is 120 cm³/mol. The summed E-state index contributed by atoms with van der Waals surface area (Å²) in [5.41, 5.74) is -1.24. The second-order valence-electron chi connectivity index (χ2n) is 9.05. The SMILES string of the molecule is CNC(=O)C1CN(C(=O)c2ccc(F)cc2)CC12CCN(c1ccc(C#N)c(C(F)(F)F)c1)CC2. The van der Waals surface area contributed by atoms with Crippen LogP contribution in [-0.2, 0) is 11.0 Å². The van der Waals surface area contributed by atoms with E-state index in [1.165, 1.54) is 43.4 Å². The average Bonchev–Trinajstić information content (AvgIpc) is 3.21. The number of likely N-dealkylation sites (tertiary alicyclic amines) is 1. The van der Waals surface area contributed by atoms with Crippen LogP contribution in [0.3, 0.4) is 0 Å². The van der Waals surface area contributed by atoms with Crippen molar-refractivity contribution < 1.29 is 27.2 Å². The highest BCUT2D eigenvalue weighted by molar-refractivity contribution is 5.95. The van der Waals surface area contributed by atoms with Gasteiger partial charge in [0.15, 0.2) is 0 Å². The van der Waals surface area contributed by atoms with E-state index in [0.29, 0.717) is 43.7 Å². The Morgan fingerprint density at radius 1 is 1.11 bits per heavy atom. The van der Waals surface area contributed by atoms with Crippen LogP contribution in [0.1, 0.15) is 34.3 Å². The van der Waals surface area contributed by atoms with Gasteiger partial charge in [0.25, 0.3) is 5.91 Å². The Hall–Kier alpha value is -3.61. The molecule has 2 aromatic carbocycles. The van der Waals surface area contributed by atoms with Gasteiger partial charge in [0.1, 0.15) is 5.82 Å². The van der Waals surface area contributed by atoms with E-state index in [-0.39, 0.29) is 18.4 Å². The first-order valence-electron chi connectivity index (χ1n) is 11.2. The zero-order valence-electron chi connectivity index (χ0n) is 19.0. The number of benzene rings is 2. The lowest BCUT2D eigenvalue weighted by Crippen LogP contribution is -2.48. The van der Waals surface area contributed by atoms with Crippen LogP contribution in [0.5, 0.6) is 0 Å². The Bertz CT molecular complexity index is 1170. The van der Waals surface area contributed by atoms with Crippen LogP contribution >= 0.6 is 0 Å². The smallest absolute Gasteiger partial charge is 0.371 e. The van der Waals surface area contributed by atoms with Crippen LogP contribution < -0.4 is 10.2 Å². The average molecular weight is 488 g/mol. The monoisotopic (exact) mass is 488 g/mol. The number of carbonyl (C=O) groups is 2. The summed E-state index contributed by atoms with van der Waals surface area (Å²) in [4.78, 5) is 29.2. The Kier molecular flexibility index (Phi) is 6.45. The number of amides is 2. The number of hydrogen-bond donors (Lipinski definition) is 1. The molecule has 0 bridgehead atoms. The number of piperidine rings is 1. The molecular weight excluding hydrogens is 464 g/mol. The fourth-order valence-electron chi connectivity index (χ4n) is 5.21. The lowest BCUT2D eigenvalue weighted by molar-refractivity contribution is -0.137. The van der Waals surface area contributed by atoms with Crippen molar-refractivity contribution in [1.82, 2.24) is 10.2 Å². The zero-order valence-corrected chi connectivity index (χ0v) is 19.0. The Morgan fingerprint density at radius 2 is 1.77 bits per heavy atom. The van der Waals surface area contributed by atoms with Crippen LogP contribution in [0.2, 0.25) is 0 Å². The maximum atomic E-state index is 13.4. The lowest BCUT2D eigenvalue weighted by Gasteiger charge is -2.43. The number of carbonyl (C=O) groups excluding carboxylic acids is 2. The summed E-state index contributed by atoms with van der Waals surface area (Å²) >= 11 is 0. The maximum absolute atomic E-state index is 13.4. The summed E-state index contributed by atoms with van der Waals surface area (Å²) in [6.45, 7) is 1.34. The molecular formula is C25H24F4N4O2. The van der Waals surface area contributed by atoms with Crippen LogP contribution in [0.25, 0.3) is 0 Å². The minimum atomic E-state index is -4.64. The number of halogens is 4. The molecule has 1 spiro atoms. The van der Waals surface area contributed by atoms with Crippen molar-refractivity contribution in [3.05, 3.63) is 65.0 Å². The van der Waals surface area contributed by atoms with Crippen LogP contribution in [0.4, 0.5) is 23.2 Å². The molecule has 2 aliphatic rings. The zero-order chi connectivity index (χ0) is 25.4. The van der Waals surface area contributed by atoms with E-state index >= 15 is 0 Å². The second kappa shape index (κ2) is 9.21. The number of rotatable bonds is 3. The van der Waals surface area contributed by atoms with Gasteiger partial charge in [0.2, 0.25) is 5.91 Å². The van der Waals surface area contributed by atoms with Crippen molar-refractivity contribution in [3.63, 3.8) is 0 Å². The highest BCUT2D eigenvalue weighted by Crippen LogP contribution is 2.46. The maximum Gasteiger partial charge on any atom is 0.417 e. The molecule has 4 rings (SSSR count). The summed E-state index contributed by atoms with van der Waals surface area (Å²) in [6.07, 6.45) is -3.64. The van der Waals surface area contributed by atoms with Crippen molar-refractivity contribution in [1.29, 1.82) is 5.26 Å². The highest BCUT2D eigenvalue weighted by Gasteiger charge is 2.52. The van der Waals surface area contributed by atoms with Gasteiger partial charge < -0.3 is 15.1 Å². The van der Waals surface area contributed by atoms with E-state index < -0.39 is 34.5 Å². The van der Waals surface area contributed by atoms with Gasteiger partial charge in [-0.05, 0) is 55.3 Å². The first-order chi connectivity index (χ1) is 16.6. The summed E-state index contributed by atoms with van der Waals surface area (Å²) in [7, 11) is 1.53. The van der Waals surface area contributed by atoms with E-state index in [1.807, 2.05) is 4.90 Å². The molecule has 1 unspecified atom stereocenters. The highest BCUT2D eigenvalue weighted by atomic mass is 19.4. The number of nitrogens with one attached hydrogen (secondary N) is 1. The van der Waals surface area contributed by atoms with E-state index in [4.69, 9.17) is 5.26 Å². The number of nitriles is 1. The molecule has 2 amide bonds. The van der Waals surface area contributed by atoms with E-state index in [9.17, 15) is 27.2 Å². The number of alkyl halides is 3. The van der Waals surface area contributed by atoms with Crippen LogP contribution in [-0.4, -0.2) is 49.9 Å². The third kappa shape index (κ3) is 4.67. The topological polar surface area (TPSA) is 76.4 Å². The minimum absolute atomic E-state index is 0.189. The first-order valence-corrected chi connectivity index (χ1v) is 11.2. The van der Waals surface area contributed by atoms with Crippen LogP contribution in [0.15, 0.2) is 42.5 Å². The Labute approximate surface area is 200 Å². The van der Waals surface area contributed by atoms with Gasteiger partial charge in [0, 0.05) is 49.9 Å². The third-order valence-electron chi connectivity index (χ3n) is 7.14. The van der Waals surface area contributed by atoms with E-state index in [0.717, 1.165) is 6.07 Å². The molecule has 0 aromatic heterocycles. The van der Waals surface area contributed by atoms with Gasteiger partial charge in [-0.25, -0.2) is 4.39 Å². The number of nitrogens with zero attached hydrogens (tertiary/aromatic N) is 3. The van der Waals surface area contributed by atoms with Crippen molar-refractivity contribution in [2.45, 2.75) is 19.0 Å². The fraction of sp³-hybridized carbons (Fsp3) is 0.400. The molecule has 2 fully saturated rings. The molecule has 2 aromatic rings. The normalized spacial score (nSPS) is 19.5. The molecule has 0 saturated carbocycles. The fourth-order valence-corrected chi connectivity index (χ4v) is 5.21. The molecule has 2 heterocycles. The van der Waals surface area contributed by atoms with Gasteiger partial charge in [-0.15, -0.1) is 0 Å². The standard InChI is InChI=1S/C25H24F4N4O2/c1-31-22(34)21-14-33(23(35)16-2-5-18(26)6-3-16)15-24(21)8-10-32(11-9-24)19-7-4-17(13-30)20(12-19)25(27,28)29/h2-7,12,21H,8-11,14-15H2,1H3,(H,31,34). The van der Waals surface area contributed by atoms with Gasteiger partial charge in [0.05, 0.1) is 23.1 Å². The van der Waals surface area contributed by atoms with Crippen molar-refractivity contribution >= 4 is 17.5 Å². The van der Waals surface area contributed by atoms with Gasteiger partial charge >= 0.3 is 6.18 Å². The van der Waals surface area contributed by atoms with Crippen molar-refractivity contribution in [3.8, 4) is 6.07 Å². The molecule has 35 heavy (non-hydrogen) atoms. The van der Waals surface area contributed by atoms with Gasteiger partial charge in [-0.1, -0.05) is 0 Å². The Morgan fingerprint density at radius 3 is 2.34 bits per heavy atom. The van der Waals surface area contributed by atoms with E-state index in [1.54, 1.807) is 11.0 Å². The molecule has 1 atom stereocenters. The minimum Gasteiger partial charge on any atom is -0.371 e. The third-order valence-corrected chi connectivity index (χ3v) is 7.14. The number of anilines is 1. The molecule has 184 valence electrons. The molecule has 0 aliphatic carbocycles. The summed E-state index contributed by atoms with van der Waals surface area (Å²) < 4.78 is 53.5. The quantitative estimate of drug-likeness (QED) is 0.667. The summed E-state index contributed by atoms with van der Waals surface area (Å²) in [5.74, 6) is -1.40. The molecule has 2 aliphatic heterocycles. The van der Waals surface area contributed by atoms with Crippen LogP contribution in [0, 0.1) is 28.5 Å². The summed E-state index contributed by atoms with van der Waals surface area (Å²) in [6, 6.07) is 10.5. The first kappa shape index (κ1) is 24.5. The molecule has 0 radical (unpaired) electrons. The van der Waals surface area contributed by atoms with Crippen molar-refractivity contribution in [2.24, 2.45) is 11.3 Å². The number of hydrogen-bond acceptors (Lipinski definition) is 4. The molecule has 1 N–H and O–H groups in total. The largest absolute Gasteiger partial charge is 0.417 e. The van der Waals surface area contributed by atoms with E-state index in [2.05, 4.69) is 5.32 Å².